The lowest BCUT2D eigenvalue weighted by Gasteiger charge is -2.29. The molecule has 9 heteroatoms. The van der Waals surface area contributed by atoms with Gasteiger partial charge in [0.05, 0.1) is 25.0 Å². The monoisotopic (exact) mass is 438 g/mol. The molecule has 4 atom stereocenters. The molecule has 0 bridgehead atoms. The highest BCUT2D eigenvalue weighted by atomic mass is 16.6. The van der Waals surface area contributed by atoms with Crippen molar-refractivity contribution in [3.8, 4) is 11.5 Å². The highest BCUT2D eigenvalue weighted by molar-refractivity contribution is 6.09. The number of nitrogens with zero attached hydrogens (tertiary/aromatic N) is 1. The molecule has 2 aromatic rings. The Kier molecular flexibility index (Phi) is 4.87. The van der Waals surface area contributed by atoms with Gasteiger partial charge in [-0.2, -0.15) is 0 Å². The number of aliphatic carboxylic acids is 1. The van der Waals surface area contributed by atoms with Crippen molar-refractivity contribution in [1.82, 2.24) is 10.2 Å². The predicted octanol–water partition coefficient (Wildman–Crippen LogP) is 0.719. The van der Waals surface area contributed by atoms with Crippen LogP contribution < -0.4 is 14.8 Å². The molecule has 3 heterocycles. The van der Waals surface area contributed by atoms with Crippen molar-refractivity contribution in [3.05, 3.63) is 59.7 Å². The minimum atomic E-state index is -1.97. The molecule has 2 aromatic carbocycles. The number of hydrogen-bond acceptors (Lipinski definition) is 7. The van der Waals surface area contributed by atoms with Crippen molar-refractivity contribution < 1.29 is 34.1 Å². The summed E-state index contributed by atoms with van der Waals surface area (Å²) in [5.74, 6) is -3.61. The standard InChI is InChI=1S/C23H22N2O7/c26-12-23(22(29)30)18-17(20(27)25(21(18)28)11-13-4-2-1-3-5-13)19(24-23)14-6-7-15-16(10-14)32-9-8-31-15/h1-7,10,17-19,24,26H,8-9,11-12H2,(H,29,30). The van der Waals surface area contributed by atoms with E-state index in [9.17, 15) is 24.6 Å². The third-order valence-electron chi connectivity index (χ3n) is 6.49. The molecule has 32 heavy (non-hydrogen) atoms. The highest BCUT2D eigenvalue weighted by Gasteiger charge is 2.68. The second kappa shape index (κ2) is 7.61. The summed E-state index contributed by atoms with van der Waals surface area (Å²) in [6.45, 7) is 0.00854. The molecule has 9 nitrogen and oxygen atoms in total. The number of fused-ring (bicyclic) bond motifs is 2. The number of aliphatic hydroxyl groups excluding tert-OH is 1. The smallest absolute Gasteiger partial charge is 0.327 e. The summed E-state index contributed by atoms with van der Waals surface area (Å²) in [5.41, 5.74) is -0.632. The Morgan fingerprint density at radius 3 is 2.47 bits per heavy atom. The van der Waals surface area contributed by atoms with E-state index in [1.165, 1.54) is 0 Å². The van der Waals surface area contributed by atoms with Gasteiger partial charge in [-0.15, -0.1) is 0 Å². The molecule has 0 spiro atoms. The maximum Gasteiger partial charge on any atom is 0.327 e. The van der Waals surface area contributed by atoms with E-state index < -0.39 is 47.8 Å². The summed E-state index contributed by atoms with van der Waals surface area (Å²) in [6.07, 6.45) is 0. The van der Waals surface area contributed by atoms with E-state index in [-0.39, 0.29) is 6.54 Å². The van der Waals surface area contributed by atoms with E-state index >= 15 is 0 Å². The summed E-state index contributed by atoms with van der Waals surface area (Å²) in [6, 6.07) is 13.3. The highest BCUT2D eigenvalue weighted by Crippen LogP contribution is 2.50. The normalized spacial score (nSPS) is 28.7. The summed E-state index contributed by atoms with van der Waals surface area (Å²) in [5, 5.41) is 23.0. The molecule has 3 N–H and O–H groups in total. The van der Waals surface area contributed by atoms with Crippen LogP contribution in [-0.2, 0) is 20.9 Å². The minimum Gasteiger partial charge on any atom is -0.486 e. The molecule has 0 aromatic heterocycles. The quantitative estimate of drug-likeness (QED) is 0.583. The number of hydrogen-bond donors (Lipinski definition) is 3. The number of benzene rings is 2. The minimum absolute atomic E-state index is 0.0422. The maximum absolute atomic E-state index is 13.4. The first-order valence-corrected chi connectivity index (χ1v) is 10.4. The van der Waals surface area contributed by atoms with Crippen LogP contribution in [0.25, 0.3) is 0 Å². The van der Waals surface area contributed by atoms with Gasteiger partial charge in [-0.05, 0) is 23.3 Å². The van der Waals surface area contributed by atoms with Crippen LogP contribution in [0.3, 0.4) is 0 Å². The van der Waals surface area contributed by atoms with Gasteiger partial charge in [0, 0.05) is 6.04 Å². The number of nitrogens with one attached hydrogen (secondary N) is 1. The Labute approximate surface area is 183 Å². The fraction of sp³-hybridized carbons (Fsp3) is 0.348. The Hall–Kier alpha value is -3.43. The van der Waals surface area contributed by atoms with E-state index in [0.717, 1.165) is 10.5 Å². The fourth-order valence-corrected chi connectivity index (χ4v) is 4.93. The van der Waals surface area contributed by atoms with Crippen molar-refractivity contribution in [2.24, 2.45) is 11.8 Å². The zero-order valence-electron chi connectivity index (χ0n) is 17.1. The lowest BCUT2D eigenvalue weighted by Crippen LogP contribution is -2.58. The van der Waals surface area contributed by atoms with Crippen LogP contribution in [0.2, 0.25) is 0 Å². The number of amides is 2. The summed E-state index contributed by atoms with van der Waals surface area (Å²) in [7, 11) is 0. The van der Waals surface area contributed by atoms with Crippen LogP contribution in [0.4, 0.5) is 0 Å². The number of imide groups is 1. The van der Waals surface area contributed by atoms with Crippen molar-refractivity contribution in [3.63, 3.8) is 0 Å². The number of aliphatic hydroxyl groups is 1. The molecule has 0 aliphatic carbocycles. The summed E-state index contributed by atoms with van der Waals surface area (Å²) < 4.78 is 11.2. The molecule has 2 amide bonds. The largest absolute Gasteiger partial charge is 0.486 e. The van der Waals surface area contributed by atoms with Crippen molar-refractivity contribution in [2.45, 2.75) is 18.1 Å². The van der Waals surface area contributed by atoms with E-state index in [1.807, 2.05) is 6.07 Å². The third kappa shape index (κ3) is 2.96. The Balaban J connectivity index is 1.56. The lowest BCUT2D eigenvalue weighted by atomic mass is 9.79. The number of ether oxygens (including phenoxy) is 2. The second-order valence-electron chi connectivity index (χ2n) is 8.21. The molecule has 0 saturated carbocycles. The molecule has 4 unspecified atom stereocenters. The zero-order valence-corrected chi connectivity index (χ0v) is 17.1. The number of carboxylic acid groups (broad SMARTS) is 1. The molecule has 2 fully saturated rings. The Morgan fingerprint density at radius 1 is 1.06 bits per heavy atom. The van der Waals surface area contributed by atoms with Crippen LogP contribution in [-0.4, -0.2) is 58.3 Å². The number of likely N-dealkylation sites (tertiary alicyclic amines) is 1. The average molecular weight is 438 g/mol. The van der Waals surface area contributed by atoms with Crippen LogP contribution in [0.1, 0.15) is 17.2 Å². The zero-order chi connectivity index (χ0) is 22.5. The number of carbonyl (C=O) groups excluding carboxylic acids is 2. The van der Waals surface area contributed by atoms with Gasteiger partial charge in [0.1, 0.15) is 13.2 Å². The molecule has 2 saturated heterocycles. The first-order valence-electron chi connectivity index (χ1n) is 10.4. The van der Waals surface area contributed by atoms with Crippen LogP contribution >= 0.6 is 0 Å². The summed E-state index contributed by atoms with van der Waals surface area (Å²) >= 11 is 0. The van der Waals surface area contributed by atoms with E-state index in [1.54, 1.807) is 42.5 Å². The van der Waals surface area contributed by atoms with Gasteiger partial charge in [-0.1, -0.05) is 36.4 Å². The SMILES string of the molecule is O=C1C2C(c3ccc4c(c3)OCCO4)NC(CO)(C(=O)O)C2C(=O)N1Cc1ccccc1. The van der Waals surface area contributed by atoms with Crippen LogP contribution in [0, 0.1) is 11.8 Å². The van der Waals surface area contributed by atoms with Gasteiger partial charge in [0.25, 0.3) is 0 Å². The van der Waals surface area contributed by atoms with E-state index in [2.05, 4.69) is 5.32 Å². The van der Waals surface area contributed by atoms with Gasteiger partial charge < -0.3 is 19.7 Å². The van der Waals surface area contributed by atoms with Gasteiger partial charge in [0.2, 0.25) is 11.8 Å². The molecule has 3 aliphatic rings. The van der Waals surface area contributed by atoms with Gasteiger partial charge >= 0.3 is 5.97 Å². The number of carbonyl (C=O) groups is 3. The number of rotatable bonds is 5. The molecular weight excluding hydrogens is 416 g/mol. The maximum atomic E-state index is 13.4. The second-order valence-corrected chi connectivity index (χ2v) is 8.21. The van der Waals surface area contributed by atoms with Gasteiger partial charge in [-0.3, -0.25) is 24.6 Å². The fourth-order valence-electron chi connectivity index (χ4n) is 4.93. The lowest BCUT2D eigenvalue weighted by molar-refractivity contribution is -0.153. The molecule has 0 radical (unpaired) electrons. The third-order valence-corrected chi connectivity index (χ3v) is 6.49. The van der Waals surface area contributed by atoms with Crippen molar-refractivity contribution in [1.29, 1.82) is 0 Å². The van der Waals surface area contributed by atoms with Gasteiger partial charge in [0.15, 0.2) is 17.0 Å². The van der Waals surface area contributed by atoms with Crippen molar-refractivity contribution >= 4 is 17.8 Å². The Bertz CT molecular complexity index is 1090. The first-order chi connectivity index (χ1) is 15.5. The summed E-state index contributed by atoms with van der Waals surface area (Å²) in [4.78, 5) is 40.1. The van der Waals surface area contributed by atoms with Crippen molar-refractivity contribution in [2.75, 3.05) is 19.8 Å². The number of carboxylic acids is 1. The topological polar surface area (TPSA) is 125 Å². The first kappa shape index (κ1) is 20.5. The van der Waals surface area contributed by atoms with E-state index in [4.69, 9.17) is 9.47 Å². The molecular formula is C23H22N2O7. The average Bonchev–Trinajstić information content (AvgIpc) is 3.29. The van der Waals surface area contributed by atoms with E-state index in [0.29, 0.717) is 30.3 Å². The van der Waals surface area contributed by atoms with Crippen LogP contribution in [0.15, 0.2) is 48.5 Å². The molecule has 3 aliphatic heterocycles. The van der Waals surface area contributed by atoms with Gasteiger partial charge in [-0.25, -0.2) is 0 Å². The molecule has 5 rings (SSSR count). The predicted molar refractivity (Wildman–Crippen MR) is 110 cm³/mol. The Morgan fingerprint density at radius 2 is 1.78 bits per heavy atom. The van der Waals surface area contributed by atoms with Crippen LogP contribution in [0.5, 0.6) is 11.5 Å². The molecule has 166 valence electrons.